The Bertz CT molecular complexity index is 1710. The Kier molecular flexibility index (Phi) is 7.75. The highest BCUT2D eigenvalue weighted by molar-refractivity contribution is 7.47. The predicted octanol–water partition coefficient (Wildman–Crippen LogP) is 7.88. The zero-order valence-electron chi connectivity index (χ0n) is 24.6. The van der Waals surface area contributed by atoms with Crippen molar-refractivity contribution in [1.82, 2.24) is 0 Å². The molecule has 2 unspecified atom stereocenters. The van der Waals surface area contributed by atoms with Gasteiger partial charge in [0.15, 0.2) is 0 Å². The van der Waals surface area contributed by atoms with Crippen molar-refractivity contribution in [2.45, 2.75) is 63.3 Å². The number of hydrogen-bond acceptors (Lipinski definition) is 5. The van der Waals surface area contributed by atoms with Gasteiger partial charge in [-0.15, -0.1) is 0 Å². The van der Waals surface area contributed by atoms with E-state index in [1.165, 1.54) is 16.7 Å². The van der Waals surface area contributed by atoms with E-state index >= 15 is 0 Å². The molecule has 0 saturated heterocycles. The number of benzene rings is 4. The van der Waals surface area contributed by atoms with E-state index in [9.17, 15) is 9.46 Å². The van der Waals surface area contributed by atoms with Gasteiger partial charge in [0, 0.05) is 37.2 Å². The maximum absolute atomic E-state index is 13.9. The highest BCUT2D eigenvalue weighted by Gasteiger charge is 2.49. The van der Waals surface area contributed by atoms with Crippen LogP contribution in [0, 0.1) is 0 Å². The van der Waals surface area contributed by atoms with Crippen LogP contribution in [-0.4, -0.2) is 25.2 Å². The van der Waals surface area contributed by atoms with Crippen LogP contribution >= 0.6 is 7.82 Å². The topological polar surface area (TPSA) is 74.2 Å². The number of phosphoric acid groups is 1. The minimum absolute atomic E-state index is 0.153. The minimum atomic E-state index is -4.50. The average molecular weight is 597 g/mol. The van der Waals surface area contributed by atoms with E-state index in [0.29, 0.717) is 25.4 Å². The zero-order valence-corrected chi connectivity index (χ0v) is 25.5. The Morgan fingerprint density at radius 3 is 2.42 bits per heavy atom. The molecule has 4 aromatic rings. The third-order valence-electron chi connectivity index (χ3n) is 9.21. The van der Waals surface area contributed by atoms with E-state index in [4.69, 9.17) is 18.5 Å². The number of rotatable bonds is 6. The second-order valence-corrected chi connectivity index (χ2v) is 13.3. The van der Waals surface area contributed by atoms with Crippen molar-refractivity contribution >= 4 is 7.82 Å². The number of phosphoric ester groups is 1. The van der Waals surface area contributed by atoms with Crippen LogP contribution < -0.4 is 4.52 Å². The van der Waals surface area contributed by atoms with Crippen LogP contribution in [0.4, 0.5) is 0 Å². The SMILES string of the molecule is COCc1cccc(-c2cc3c(c4c2OP(=O)(O)O[C@@H]2C(c5cccc(COC)c5)Cc5ccccc5[C@H]42)CCCC3)c1. The second kappa shape index (κ2) is 11.7. The van der Waals surface area contributed by atoms with Crippen LogP contribution in [0.25, 0.3) is 11.1 Å². The first kappa shape index (κ1) is 28.5. The quantitative estimate of drug-likeness (QED) is 0.228. The largest absolute Gasteiger partial charge is 0.527 e. The summed E-state index contributed by atoms with van der Waals surface area (Å²) < 4.78 is 37.2. The van der Waals surface area contributed by atoms with Crippen LogP contribution in [0.1, 0.15) is 69.2 Å². The molecule has 1 heterocycles. The van der Waals surface area contributed by atoms with Gasteiger partial charge in [0.2, 0.25) is 0 Å². The molecule has 43 heavy (non-hydrogen) atoms. The summed E-state index contributed by atoms with van der Waals surface area (Å²) in [7, 11) is -1.13. The van der Waals surface area contributed by atoms with Gasteiger partial charge in [0.05, 0.1) is 19.3 Å². The van der Waals surface area contributed by atoms with Gasteiger partial charge >= 0.3 is 7.82 Å². The summed E-state index contributed by atoms with van der Waals surface area (Å²) in [5, 5.41) is 0. The molecular formula is C36H37O6P. The fourth-order valence-electron chi connectivity index (χ4n) is 7.47. The van der Waals surface area contributed by atoms with Crippen molar-refractivity contribution in [3.05, 3.63) is 123 Å². The monoisotopic (exact) mass is 596 g/mol. The average Bonchev–Trinajstić information content (AvgIpc) is 3.14. The Morgan fingerprint density at radius 2 is 1.60 bits per heavy atom. The number of methoxy groups -OCH3 is 2. The van der Waals surface area contributed by atoms with Crippen LogP contribution in [0.15, 0.2) is 78.9 Å². The standard InChI is InChI=1S/C36H37O6P/c1-39-21-23-9-7-13-25(17-23)31-19-27-11-3-5-15-29(27)33-34-30-16-6-4-12-28(30)20-32(26-14-8-10-24(18-26)22-40-2)36(34)42-43(37,38)41-35(31)33/h3,5,7-11,13-15,17-18,20,31,33,35H,4,6,12,16,19,21-22H2,1-2H3,(H,37,38)/t31?,33-,35-/m1/s1. The van der Waals surface area contributed by atoms with Gasteiger partial charge in [0.25, 0.3) is 0 Å². The van der Waals surface area contributed by atoms with Gasteiger partial charge in [-0.1, -0.05) is 66.7 Å². The van der Waals surface area contributed by atoms with Gasteiger partial charge in [-0.05, 0) is 88.7 Å². The summed E-state index contributed by atoms with van der Waals surface area (Å²) in [6, 6.07) is 27.1. The maximum Gasteiger partial charge on any atom is 0.527 e. The molecular weight excluding hydrogens is 559 g/mol. The Balaban J connectivity index is 1.50. The summed E-state index contributed by atoms with van der Waals surface area (Å²) in [5.41, 5.74) is 10.8. The van der Waals surface area contributed by atoms with Crippen molar-refractivity contribution in [3.8, 4) is 16.9 Å². The molecule has 0 fully saturated rings. The van der Waals surface area contributed by atoms with Crippen molar-refractivity contribution in [2.75, 3.05) is 14.2 Å². The first-order valence-electron chi connectivity index (χ1n) is 15.1. The van der Waals surface area contributed by atoms with Gasteiger partial charge in [-0.2, -0.15) is 0 Å². The lowest BCUT2D eigenvalue weighted by Crippen LogP contribution is -2.35. The molecule has 3 aliphatic rings. The first-order chi connectivity index (χ1) is 21.0. The molecule has 0 aromatic heterocycles. The number of aryl methyl sites for hydroxylation is 1. The van der Waals surface area contributed by atoms with Crippen LogP contribution in [-0.2, 0) is 51.0 Å². The Hall–Kier alpha value is -3.25. The molecule has 4 atom stereocenters. The Labute approximate surface area is 253 Å². The summed E-state index contributed by atoms with van der Waals surface area (Å²) in [6.07, 6.45) is 4.16. The fraction of sp³-hybridized carbons (Fsp3) is 0.333. The normalized spacial score (nSPS) is 24.1. The molecule has 7 heteroatoms. The van der Waals surface area contributed by atoms with E-state index in [0.717, 1.165) is 64.6 Å². The molecule has 2 aliphatic carbocycles. The number of hydrogen-bond donors (Lipinski definition) is 1. The van der Waals surface area contributed by atoms with Crippen molar-refractivity contribution in [3.63, 3.8) is 0 Å². The molecule has 0 spiro atoms. The predicted molar refractivity (Wildman–Crippen MR) is 166 cm³/mol. The molecule has 7 rings (SSSR count). The van der Waals surface area contributed by atoms with E-state index < -0.39 is 13.9 Å². The van der Waals surface area contributed by atoms with E-state index in [2.05, 4.69) is 48.5 Å². The smallest absolute Gasteiger partial charge is 0.403 e. The van der Waals surface area contributed by atoms with Crippen molar-refractivity contribution < 1.29 is 28.0 Å². The van der Waals surface area contributed by atoms with Crippen LogP contribution in [0.3, 0.4) is 0 Å². The van der Waals surface area contributed by atoms with Crippen molar-refractivity contribution in [1.29, 1.82) is 0 Å². The van der Waals surface area contributed by atoms with E-state index in [1.54, 1.807) is 14.2 Å². The molecule has 1 aliphatic heterocycles. The van der Waals surface area contributed by atoms with E-state index in [1.807, 2.05) is 30.3 Å². The van der Waals surface area contributed by atoms with E-state index in [-0.39, 0.29) is 11.8 Å². The zero-order chi connectivity index (χ0) is 29.6. The fourth-order valence-corrected chi connectivity index (χ4v) is 8.52. The lowest BCUT2D eigenvalue weighted by molar-refractivity contribution is 0.107. The number of ether oxygens (including phenoxy) is 2. The highest BCUT2D eigenvalue weighted by atomic mass is 31.2. The van der Waals surface area contributed by atoms with Crippen molar-refractivity contribution in [2.24, 2.45) is 0 Å². The van der Waals surface area contributed by atoms with Gasteiger partial charge < -0.3 is 14.0 Å². The highest BCUT2D eigenvalue weighted by Crippen LogP contribution is 2.61. The summed E-state index contributed by atoms with van der Waals surface area (Å²) in [5.74, 6) is 0.0461. The molecule has 1 N–H and O–H groups in total. The lowest BCUT2D eigenvalue weighted by atomic mass is 9.67. The maximum atomic E-state index is 13.9. The molecule has 4 aromatic carbocycles. The second-order valence-electron chi connectivity index (χ2n) is 11.9. The molecule has 6 nitrogen and oxygen atoms in total. The summed E-state index contributed by atoms with van der Waals surface area (Å²) in [4.78, 5) is 11.4. The third kappa shape index (κ3) is 5.37. The number of fused-ring (bicyclic) bond motifs is 7. The molecule has 222 valence electrons. The lowest BCUT2D eigenvalue weighted by Gasteiger charge is -2.40. The van der Waals surface area contributed by atoms with Gasteiger partial charge in [-0.25, -0.2) is 4.57 Å². The molecule has 0 amide bonds. The molecule has 0 radical (unpaired) electrons. The third-order valence-corrected chi connectivity index (χ3v) is 10.1. The first-order valence-corrected chi connectivity index (χ1v) is 16.6. The Morgan fingerprint density at radius 1 is 0.860 bits per heavy atom. The van der Waals surface area contributed by atoms with Crippen LogP contribution in [0.2, 0.25) is 0 Å². The minimum Gasteiger partial charge on any atom is -0.403 e. The summed E-state index contributed by atoms with van der Waals surface area (Å²) in [6.45, 7) is 0.973. The van der Waals surface area contributed by atoms with Gasteiger partial charge in [0.1, 0.15) is 5.75 Å². The van der Waals surface area contributed by atoms with Gasteiger partial charge in [-0.3, -0.25) is 9.42 Å². The van der Waals surface area contributed by atoms with Crippen LogP contribution in [0.5, 0.6) is 5.75 Å². The molecule has 0 saturated carbocycles. The summed E-state index contributed by atoms with van der Waals surface area (Å²) >= 11 is 0. The molecule has 0 bridgehead atoms.